The zero-order valence-electron chi connectivity index (χ0n) is 17.9. The van der Waals surface area contributed by atoms with Gasteiger partial charge in [-0.2, -0.15) is 4.31 Å². The minimum Gasteiger partial charge on any atom is -0.495 e. The van der Waals surface area contributed by atoms with Crippen molar-refractivity contribution in [2.24, 2.45) is 0 Å². The topological polar surface area (TPSA) is 105 Å². The van der Waals surface area contributed by atoms with E-state index >= 15 is 0 Å². The van der Waals surface area contributed by atoms with E-state index in [4.69, 9.17) is 4.74 Å². The number of hydrazine groups is 1. The van der Waals surface area contributed by atoms with Gasteiger partial charge in [0.2, 0.25) is 10.0 Å². The molecule has 0 aromatic heterocycles. The first-order valence-corrected chi connectivity index (χ1v) is 11.2. The van der Waals surface area contributed by atoms with Gasteiger partial charge in [0.15, 0.2) is 0 Å². The lowest BCUT2D eigenvalue weighted by Gasteiger charge is -2.19. The lowest BCUT2D eigenvalue weighted by atomic mass is 10.2. The molecule has 0 saturated carbocycles. The Morgan fingerprint density at radius 3 is 2.24 bits per heavy atom. The molecule has 3 aromatic carbocycles. The molecule has 0 saturated heterocycles. The molecule has 2 N–H and O–H groups in total. The predicted octanol–water partition coefficient (Wildman–Crippen LogP) is 2.73. The first-order chi connectivity index (χ1) is 15.7. The molecule has 2 amide bonds. The second-order valence-electron chi connectivity index (χ2n) is 7.00. The van der Waals surface area contributed by atoms with Gasteiger partial charge in [0.1, 0.15) is 16.5 Å². The fourth-order valence-electron chi connectivity index (χ4n) is 3.01. The fourth-order valence-corrected chi connectivity index (χ4v) is 4.35. The van der Waals surface area contributed by atoms with E-state index in [0.29, 0.717) is 0 Å². The molecular weight excluding hydrogens is 449 g/mol. The van der Waals surface area contributed by atoms with Gasteiger partial charge in [-0.1, -0.05) is 42.5 Å². The van der Waals surface area contributed by atoms with E-state index in [9.17, 15) is 22.4 Å². The lowest BCUT2D eigenvalue weighted by Crippen LogP contribution is -2.42. The van der Waals surface area contributed by atoms with E-state index in [0.717, 1.165) is 22.0 Å². The number of hydrogen-bond donors (Lipinski definition) is 2. The summed E-state index contributed by atoms with van der Waals surface area (Å²) in [5.41, 5.74) is 4.75. The Kier molecular flexibility index (Phi) is 7.41. The largest absolute Gasteiger partial charge is 0.495 e. The number of nitrogens with one attached hydrogen (secondary N) is 2. The van der Waals surface area contributed by atoms with Crippen molar-refractivity contribution >= 4 is 21.8 Å². The summed E-state index contributed by atoms with van der Waals surface area (Å²) < 4.78 is 46.4. The van der Waals surface area contributed by atoms with Crippen molar-refractivity contribution in [2.45, 2.75) is 11.4 Å². The van der Waals surface area contributed by atoms with Crippen LogP contribution in [0, 0.1) is 5.82 Å². The second-order valence-corrected chi connectivity index (χ2v) is 9.01. The third kappa shape index (κ3) is 5.54. The number of benzene rings is 3. The molecule has 0 spiro atoms. The van der Waals surface area contributed by atoms with Crippen LogP contribution in [0.2, 0.25) is 0 Å². The normalized spacial score (nSPS) is 11.2. The van der Waals surface area contributed by atoms with Gasteiger partial charge in [-0.25, -0.2) is 12.8 Å². The van der Waals surface area contributed by atoms with Crippen LogP contribution in [0.1, 0.15) is 26.3 Å². The van der Waals surface area contributed by atoms with Crippen LogP contribution >= 0.6 is 0 Å². The van der Waals surface area contributed by atoms with E-state index < -0.39 is 27.7 Å². The van der Waals surface area contributed by atoms with Crippen LogP contribution < -0.4 is 15.6 Å². The Morgan fingerprint density at radius 1 is 0.939 bits per heavy atom. The average Bonchev–Trinajstić information content (AvgIpc) is 2.82. The van der Waals surface area contributed by atoms with Crippen molar-refractivity contribution in [1.29, 1.82) is 0 Å². The molecule has 0 aliphatic rings. The van der Waals surface area contributed by atoms with Crippen molar-refractivity contribution < 1.29 is 27.1 Å². The highest BCUT2D eigenvalue weighted by Gasteiger charge is 2.26. The van der Waals surface area contributed by atoms with Crippen LogP contribution in [0.15, 0.2) is 77.7 Å². The van der Waals surface area contributed by atoms with Gasteiger partial charge in [0.25, 0.3) is 11.8 Å². The number of nitrogens with zero attached hydrogens (tertiary/aromatic N) is 1. The number of methoxy groups -OCH3 is 1. The van der Waals surface area contributed by atoms with Crippen molar-refractivity contribution in [1.82, 2.24) is 15.2 Å². The smallest absolute Gasteiger partial charge is 0.272 e. The quantitative estimate of drug-likeness (QED) is 0.516. The summed E-state index contributed by atoms with van der Waals surface area (Å²) in [6.45, 7) is 0.113. The van der Waals surface area contributed by atoms with Gasteiger partial charge < -0.3 is 4.74 Å². The van der Waals surface area contributed by atoms with Crippen LogP contribution in [0.4, 0.5) is 4.39 Å². The molecule has 33 heavy (non-hydrogen) atoms. The van der Waals surface area contributed by atoms with E-state index in [1.807, 2.05) is 6.07 Å². The molecule has 10 heteroatoms. The summed E-state index contributed by atoms with van der Waals surface area (Å²) >= 11 is 0. The summed E-state index contributed by atoms with van der Waals surface area (Å²) in [6, 6.07) is 18.2. The van der Waals surface area contributed by atoms with Gasteiger partial charge in [0, 0.05) is 19.2 Å². The van der Waals surface area contributed by atoms with Crippen molar-refractivity contribution in [3.8, 4) is 5.75 Å². The van der Waals surface area contributed by atoms with Crippen LogP contribution in [-0.4, -0.2) is 38.7 Å². The van der Waals surface area contributed by atoms with Gasteiger partial charge in [-0.15, -0.1) is 0 Å². The van der Waals surface area contributed by atoms with Crippen molar-refractivity contribution in [3.63, 3.8) is 0 Å². The molecule has 8 nitrogen and oxygen atoms in total. The Hall–Kier alpha value is -3.76. The van der Waals surface area contributed by atoms with Crippen LogP contribution in [0.3, 0.4) is 0 Å². The highest BCUT2D eigenvalue weighted by atomic mass is 32.2. The number of sulfonamides is 1. The molecular formula is C23H22FN3O5S. The van der Waals surface area contributed by atoms with Crippen LogP contribution in [0.25, 0.3) is 0 Å². The third-order valence-corrected chi connectivity index (χ3v) is 6.59. The molecule has 3 rings (SSSR count). The molecule has 0 heterocycles. The third-order valence-electron chi connectivity index (χ3n) is 4.77. The van der Waals surface area contributed by atoms with E-state index in [2.05, 4.69) is 10.9 Å². The monoisotopic (exact) mass is 471 g/mol. The molecule has 0 fully saturated rings. The minimum absolute atomic E-state index is 0.0451. The Morgan fingerprint density at radius 2 is 1.58 bits per heavy atom. The zero-order chi connectivity index (χ0) is 24.0. The summed E-state index contributed by atoms with van der Waals surface area (Å²) in [4.78, 5) is 24.4. The van der Waals surface area contributed by atoms with Gasteiger partial charge in [-0.05, 0) is 35.9 Å². The van der Waals surface area contributed by atoms with Crippen molar-refractivity contribution in [3.05, 3.63) is 95.3 Å². The second kappa shape index (κ2) is 10.2. The first kappa shape index (κ1) is 23.9. The summed E-state index contributed by atoms with van der Waals surface area (Å²) in [6.07, 6.45) is 0. The number of carbonyl (C=O) groups excluding carboxylic acids is 2. The molecule has 0 bridgehead atoms. The predicted molar refractivity (Wildman–Crippen MR) is 119 cm³/mol. The standard InChI is InChI=1S/C23H22FN3O5S/c1-27(15-16-8-4-3-5-9-16)33(30,31)21-14-17(12-13-20(21)32-2)22(28)25-26-23(29)18-10-6-7-11-19(18)24/h3-14H,15H2,1-2H3,(H,25,28)(H,26,29). The average molecular weight is 472 g/mol. The molecule has 0 aliphatic carbocycles. The van der Waals surface area contributed by atoms with Gasteiger partial charge in [0.05, 0.1) is 12.7 Å². The fraction of sp³-hybridized carbons (Fsp3) is 0.130. The SMILES string of the molecule is COc1ccc(C(=O)NNC(=O)c2ccccc2F)cc1S(=O)(=O)N(C)Cc1ccccc1. The zero-order valence-corrected chi connectivity index (χ0v) is 18.7. The molecule has 3 aromatic rings. The number of rotatable bonds is 7. The maximum atomic E-state index is 13.7. The summed E-state index contributed by atoms with van der Waals surface area (Å²) in [5.74, 6) is -2.33. The van der Waals surface area contributed by atoms with E-state index in [1.165, 1.54) is 44.5 Å². The summed E-state index contributed by atoms with van der Waals surface area (Å²) in [5, 5.41) is 0. The van der Waals surface area contributed by atoms with Crippen molar-refractivity contribution in [2.75, 3.05) is 14.2 Å². The van der Waals surface area contributed by atoms with Crippen LogP contribution in [0.5, 0.6) is 5.75 Å². The Labute approximate surface area is 191 Å². The molecule has 0 atom stereocenters. The highest BCUT2D eigenvalue weighted by molar-refractivity contribution is 7.89. The molecule has 0 unspecified atom stereocenters. The maximum Gasteiger partial charge on any atom is 0.272 e. The molecule has 0 radical (unpaired) electrons. The summed E-state index contributed by atoms with van der Waals surface area (Å²) in [7, 11) is -1.29. The number of carbonyl (C=O) groups is 2. The van der Waals surface area contributed by atoms with E-state index in [1.54, 1.807) is 24.3 Å². The highest BCUT2D eigenvalue weighted by Crippen LogP contribution is 2.28. The van der Waals surface area contributed by atoms with E-state index in [-0.39, 0.29) is 28.3 Å². The Bertz CT molecular complexity index is 1270. The Balaban J connectivity index is 1.80. The van der Waals surface area contributed by atoms with Gasteiger partial charge in [-0.3, -0.25) is 20.4 Å². The van der Waals surface area contributed by atoms with Gasteiger partial charge >= 0.3 is 0 Å². The minimum atomic E-state index is -4.02. The first-order valence-electron chi connectivity index (χ1n) is 9.77. The number of hydrogen-bond acceptors (Lipinski definition) is 5. The molecule has 0 aliphatic heterocycles. The van der Waals surface area contributed by atoms with Crippen LogP contribution in [-0.2, 0) is 16.6 Å². The number of halogens is 1. The number of ether oxygens (including phenoxy) is 1. The lowest BCUT2D eigenvalue weighted by molar-refractivity contribution is 0.0844. The number of amides is 2. The maximum absolute atomic E-state index is 13.7. The molecule has 172 valence electrons.